The van der Waals surface area contributed by atoms with Crippen molar-refractivity contribution in [2.75, 3.05) is 13.1 Å². The van der Waals surface area contributed by atoms with Crippen molar-refractivity contribution in [3.05, 3.63) is 12.7 Å². The largest absolute Gasteiger partial charge is 0.328 e. The number of nitrogens with zero attached hydrogens (tertiary/aromatic N) is 1. The zero-order valence-electron chi connectivity index (χ0n) is 12.7. The van der Waals surface area contributed by atoms with Crippen LogP contribution in [0.4, 0.5) is 0 Å². The van der Waals surface area contributed by atoms with E-state index in [4.69, 9.17) is 5.73 Å². The molecule has 17 heavy (non-hydrogen) atoms. The van der Waals surface area contributed by atoms with Gasteiger partial charge in [-0.25, -0.2) is 0 Å². The summed E-state index contributed by atoms with van der Waals surface area (Å²) in [4.78, 5) is 2.43. The zero-order chi connectivity index (χ0) is 13.7. The van der Waals surface area contributed by atoms with E-state index in [1.165, 1.54) is 0 Å². The Labute approximate surface area is 108 Å². The Morgan fingerprint density at radius 1 is 1.18 bits per heavy atom. The average molecular weight is 240 g/mol. The molecule has 102 valence electrons. The summed E-state index contributed by atoms with van der Waals surface area (Å²) in [6.45, 7) is 19.3. The number of rotatable bonds is 6. The quantitative estimate of drug-likeness (QED) is 0.721. The minimum Gasteiger partial charge on any atom is -0.328 e. The van der Waals surface area contributed by atoms with Gasteiger partial charge in [0.05, 0.1) is 0 Å². The predicted molar refractivity (Wildman–Crippen MR) is 78.2 cm³/mol. The first-order chi connectivity index (χ1) is 7.56. The lowest BCUT2D eigenvalue weighted by molar-refractivity contribution is 0.145. The van der Waals surface area contributed by atoms with Crippen LogP contribution in [-0.2, 0) is 0 Å². The molecule has 0 bridgehead atoms. The van der Waals surface area contributed by atoms with Gasteiger partial charge in [0.2, 0.25) is 0 Å². The number of hydrogen-bond donors (Lipinski definition) is 1. The van der Waals surface area contributed by atoms with E-state index in [1.54, 1.807) is 0 Å². The number of hydrogen-bond acceptors (Lipinski definition) is 2. The van der Waals surface area contributed by atoms with Gasteiger partial charge >= 0.3 is 0 Å². The van der Waals surface area contributed by atoms with E-state index in [1.807, 2.05) is 6.08 Å². The lowest BCUT2D eigenvalue weighted by Gasteiger charge is -2.36. The summed E-state index contributed by atoms with van der Waals surface area (Å²) in [7, 11) is 0. The third-order valence-corrected chi connectivity index (χ3v) is 2.94. The molecule has 1 atom stereocenters. The molecule has 0 saturated carbocycles. The van der Waals surface area contributed by atoms with E-state index in [9.17, 15) is 0 Å². The molecule has 0 saturated heterocycles. The molecule has 2 N–H and O–H groups in total. The van der Waals surface area contributed by atoms with Crippen LogP contribution in [0.3, 0.4) is 0 Å². The number of nitrogens with two attached hydrogens (primary N) is 1. The second kappa shape index (κ2) is 6.55. The maximum atomic E-state index is 6.20. The molecule has 0 aliphatic rings. The van der Waals surface area contributed by atoms with E-state index in [0.29, 0.717) is 11.5 Å². The molecule has 2 heteroatoms. The van der Waals surface area contributed by atoms with E-state index >= 15 is 0 Å². The summed E-state index contributed by atoms with van der Waals surface area (Å²) in [6.07, 6.45) is 4.11. The van der Waals surface area contributed by atoms with Crippen molar-refractivity contribution < 1.29 is 0 Å². The van der Waals surface area contributed by atoms with Crippen LogP contribution < -0.4 is 5.73 Å². The lowest BCUT2D eigenvalue weighted by atomic mass is 9.87. The monoisotopic (exact) mass is 240 g/mol. The van der Waals surface area contributed by atoms with Crippen LogP contribution in [0.5, 0.6) is 0 Å². The Morgan fingerprint density at radius 3 is 2.06 bits per heavy atom. The first-order valence-corrected chi connectivity index (χ1v) is 6.68. The molecular weight excluding hydrogens is 208 g/mol. The summed E-state index contributed by atoms with van der Waals surface area (Å²) in [5.41, 5.74) is 6.71. The predicted octanol–water partition coefficient (Wildman–Crippen LogP) is 3.43. The molecule has 1 unspecified atom stereocenters. The van der Waals surface area contributed by atoms with Gasteiger partial charge in [-0.05, 0) is 39.0 Å². The average Bonchev–Trinajstić information content (AvgIpc) is 2.07. The molecule has 0 aliphatic heterocycles. The normalized spacial score (nSPS) is 15.1. The van der Waals surface area contributed by atoms with E-state index < -0.39 is 0 Å². The van der Waals surface area contributed by atoms with Crippen molar-refractivity contribution in [3.63, 3.8) is 0 Å². The van der Waals surface area contributed by atoms with Gasteiger partial charge in [-0.15, -0.1) is 6.58 Å². The van der Waals surface area contributed by atoms with Crippen molar-refractivity contribution >= 4 is 0 Å². The van der Waals surface area contributed by atoms with Crippen molar-refractivity contribution in [1.29, 1.82) is 0 Å². The first-order valence-electron chi connectivity index (χ1n) is 6.68. The molecule has 0 aromatic rings. The molecular formula is C15H32N2. The van der Waals surface area contributed by atoms with Crippen molar-refractivity contribution in [2.45, 2.75) is 66.0 Å². The summed E-state index contributed by atoms with van der Waals surface area (Å²) in [5, 5.41) is 0. The zero-order valence-corrected chi connectivity index (χ0v) is 12.7. The highest BCUT2D eigenvalue weighted by Crippen LogP contribution is 2.22. The van der Waals surface area contributed by atoms with Crippen molar-refractivity contribution in [2.24, 2.45) is 11.1 Å². The maximum absolute atomic E-state index is 6.20. The summed E-state index contributed by atoms with van der Waals surface area (Å²) in [6, 6.07) is 0.296. The van der Waals surface area contributed by atoms with Crippen LogP contribution >= 0.6 is 0 Å². The Morgan fingerprint density at radius 2 is 1.71 bits per heavy atom. The Kier molecular flexibility index (Phi) is 6.42. The molecule has 0 rings (SSSR count). The molecule has 0 heterocycles. The van der Waals surface area contributed by atoms with Gasteiger partial charge in [-0.1, -0.05) is 26.8 Å². The fourth-order valence-electron chi connectivity index (χ4n) is 2.07. The minimum absolute atomic E-state index is 0.190. The topological polar surface area (TPSA) is 29.3 Å². The Bertz CT molecular complexity index is 220. The van der Waals surface area contributed by atoms with Crippen LogP contribution in [0, 0.1) is 5.41 Å². The molecule has 2 nitrogen and oxygen atoms in total. The molecule has 0 spiro atoms. The van der Waals surface area contributed by atoms with Crippen molar-refractivity contribution in [3.8, 4) is 0 Å². The second-order valence-electron chi connectivity index (χ2n) is 7.22. The van der Waals surface area contributed by atoms with Crippen LogP contribution in [-0.4, -0.2) is 29.6 Å². The Balaban J connectivity index is 4.18. The fourth-order valence-corrected chi connectivity index (χ4v) is 2.07. The second-order valence-corrected chi connectivity index (χ2v) is 7.22. The van der Waals surface area contributed by atoms with Crippen LogP contribution in [0.15, 0.2) is 12.7 Å². The molecule has 0 radical (unpaired) electrons. The highest BCUT2D eigenvalue weighted by Gasteiger charge is 2.21. The van der Waals surface area contributed by atoms with Crippen LogP contribution in [0.1, 0.15) is 54.4 Å². The molecule has 0 aromatic heterocycles. The van der Waals surface area contributed by atoms with Gasteiger partial charge in [0.15, 0.2) is 0 Å². The molecule has 0 aliphatic carbocycles. The molecule has 0 aromatic carbocycles. The van der Waals surface area contributed by atoms with Gasteiger partial charge in [0.25, 0.3) is 0 Å². The standard InChI is InChI=1S/C15H32N2/c1-8-10-17(15(5,6)7)11-9-13(16)12-14(2,3)4/h8,13H,1,9-12,16H2,2-7H3. The third kappa shape index (κ3) is 8.39. The summed E-state index contributed by atoms with van der Waals surface area (Å²) >= 11 is 0. The van der Waals surface area contributed by atoms with Gasteiger partial charge in [-0.2, -0.15) is 0 Å². The fraction of sp³-hybridized carbons (Fsp3) is 0.867. The van der Waals surface area contributed by atoms with E-state index in [-0.39, 0.29) is 5.54 Å². The highest BCUT2D eigenvalue weighted by atomic mass is 15.2. The Hall–Kier alpha value is -0.340. The van der Waals surface area contributed by atoms with Gasteiger partial charge < -0.3 is 5.73 Å². The van der Waals surface area contributed by atoms with Crippen molar-refractivity contribution in [1.82, 2.24) is 4.90 Å². The van der Waals surface area contributed by atoms with E-state index in [2.05, 4.69) is 53.0 Å². The maximum Gasteiger partial charge on any atom is 0.0165 e. The summed E-state index contributed by atoms with van der Waals surface area (Å²) < 4.78 is 0. The first kappa shape index (κ1) is 16.7. The van der Waals surface area contributed by atoms with Gasteiger partial charge in [0, 0.05) is 24.7 Å². The van der Waals surface area contributed by atoms with Crippen LogP contribution in [0.2, 0.25) is 0 Å². The third-order valence-electron chi connectivity index (χ3n) is 2.94. The molecule has 0 fully saturated rings. The lowest BCUT2D eigenvalue weighted by Crippen LogP contribution is -2.43. The minimum atomic E-state index is 0.190. The molecule has 0 amide bonds. The highest BCUT2D eigenvalue weighted by molar-refractivity contribution is 4.84. The smallest absolute Gasteiger partial charge is 0.0165 e. The summed E-state index contributed by atoms with van der Waals surface area (Å²) in [5.74, 6) is 0. The van der Waals surface area contributed by atoms with Gasteiger partial charge in [0.1, 0.15) is 0 Å². The SMILES string of the molecule is C=CCN(CCC(N)CC(C)(C)C)C(C)(C)C. The van der Waals surface area contributed by atoms with Gasteiger partial charge in [-0.3, -0.25) is 4.90 Å². The van der Waals surface area contributed by atoms with Crippen LogP contribution in [0.25, 0.3) is 0 Å². The van der Waals surface area contributed by atoms with E-state index in [0.717, 1.165) is 25.9 Å².